The first-order valence-electron chi connectivity index (χ1n) is 9.36. The molecule has 6 heteroatoms. The van der Waals surface area contributed by atoms with Crippen LogP contribution in [0.2, 0.25) is 0 Å². The van der Waals surface area contributed by atoms with Gasteiger partial charge in [-0.05, 0) is 29.1 Å². The number of benzene rings is 1. The van der Waals surface area contributed by atoms with Crippen molar-refractivity contribution in [3.63, 3.8) is 0 Å². The molecule has 1 aliphatic heterocycles. The lowest BCUT2D eigenvalue weighted by molar-refractivity contribution is -0.128. The topological polar surface area (TPSA) is 59.4 Å². The van der Waals surface area contributed by atoms with Gasteiger partial charge in [0, 0.05) is 50.3 Å². The highest BCUT2D eigenvalue weighted by Crippen LogP contribution is 2.21. The number of hydrogen-bond donors (Lipinski definition) is 1. The van der Waals surface area contributed by atoms with Crippen molar-refractivity contribution in [2.75, 3.05) is 32.8 Å². The Balaban J connectivity index is 1.43. The molecule has 1 aromatic carbocycles. The van der Waals surface area contributed by atoms with Gasteiger partial charge >= 0.3 is 0 Å². The van der Waals surface area contributed by atoms with Crippen molar-refractivity contribution >= 4 is 16.8 Å². The van der Waals surface area contributed by atoms with Gasteiger partial charge in [0.25, 0.3) is 0 Å². The van der Waals surface area contributed by atoms with Gasteiger partial charge in [0.1, 0.15) is 6.04 Å². The number of hydrogen-bond acceptors (Lipinski definition) is 4. The van der Waals surface area contributed by atoms with Crippen molar-refractivity contribution < 1.29 is 9.53 Å². The molecule has 1 saturated heterocycles. The Morgan fingerprint density at radius 3 is 2.81 bits per heavy atom. The van der Waals surface area contributed by atoms with Crippen LogP contribution >= 0.6 is 0 Å². The number of amides is 1. The van der Waals surface area contributed by atoms with Gasteiger partial charge in [0.05, 0.1) is 13.2 Å². The highest BCUT2D eigenvalue weighted by atomic mass is 16.5. The number of pyridine rings is 1. The maximum absolute atomic E-state index is 13.0. The predicted octanol–water partition coefficient (Wildman–Crippen LogP) is 2.23. The van der Waals surface area contributed by atoms with Gasteiger partial charge in [0.2, 0.25) is 5.91 Å². The molecule has 27 heavy (non-hydrogen) atoms. The van der Waals surface area contributed by atoms with E-state index in [0.29, 0.717) is 19.8 Å². The van der Waals surface area contributed by atoms with Crippen molar-refractivity contribution in [1.29, 1.82) is 0 Å². The molecule has 0 bridgehead atoms. The van der Waals surface area contributed by atoms with E-state index < -0.39 is 0 Å². The molecule has 0 saturated carbocycles. The highest BCUT2D eigenvalue weighted by molar-refractivity contribution is 5.83. The summed E-state index contributed by atoms with van der Waals surface area (Å²) < 4.78 is 7.61. The highest BCUT2D eigenvalue weighted by Gasteiger charge is 2.28. The first kappa shape index (κ1) is 17.7. The lowest BCUT2D eigenvalue weighted by Gasteiger charge is -2.33. The van der Waals surface area contributed by atoms with E-state index in [1.807, 2.05) is 24.3 Å². The zero-order valence-electron chi connectivity index (χ0n) is 15.3. The standard InChI is InChI=1S/C21H24N4O2/c26-21(23-9-11-24-10-7-17-4-1-2-6-19(17)24)20(18-5-3-8-22-16-18)25-12-14-27-15-13-25/h1-8,10,16,20H,9,11-15H2,(H,23,26)/t20-/m0/s1. The molecule has 1 N–H and O–H groups in total. The fourth-order valence-corrected chi connectivity index (χ4v) is 3.63. The smallest absolute Gasteiger partial charge is 0.242 e. The minimum Gasteiger partial charge on any atom is -0.379 e. The quantitative estimate of drug-likeness (QED) is 0.729. The van der Waals surface area contributed by atoms with Gasteiger partial charge < -0.3 is 14.6 Å². The molecule has 1 atom stereocenters. The Labute approximate surface area is 158 Å². The molecule has 0 radical (unpaired) electrons. The minimum atomic E-state index is -0.330. The fourth-order valence-electron chi connectivity index (χ4n) is 3.63. The van der Waals surface area contributed by atoms with Crippen LogP contribution in [0, 0.1) is 0 Å². The van der Waals surface area contributed by atoms with Crippen molar-refractivity contribution in [2.24, 2.45) is 0 Å². The van der Waals surface area contributed by atoms with Gasteiger partial charge in [-0.3, -0.25) is 14.7 Å². The average Bonchev–Trinajstić information content (AvgIpc) is 3.13. The number of rotatable bonds is 6. The van der Waals surface area contributed by atoms with E-state index in [4.69, 9.17) is 4.74 Å². The fraction of sp³-hybridized carbons (Fsp3) is 0.333. The normalized spacial score (nSPS) is 16.3. The zero-order chi connectivity index (χ0) is 18.5. The van der Waals surface area contributed by atoms with E-state index in [1.165, 1.54) is 10.9 Å². The number of fused-ring (bicyclic) bond motifs is 1. The molecule has 0 spiro atoms. The van der Waals surface area contributed by atoms with Crippen LogP contribution in [-0.2, 0) is 16.1 Å². The number of nitrogens with zero attached hydrogens (tertiary/aromatic N) is 3. The second kappa shape index (κ2) is 8.33. The molecule has 1 fully saturated rings. The van der Waals surface area contributed by atoms with Gasteiger partial charge in [-0.25, -0.2) is 0 Å². The second-order valence-corrected chi connectivity index (χ2v) is 6.70. The first-order valence-corrected chi connectivity index (χ1v) is 9.36. The Bertz CT molecular complexity index is 887. The summed E-state index contributed by atoms with van der Waals surface area (Å²) in [5.74, 6) is 0.0151. The van der Waals surface area contributed by atoms with E-state index >= 15 is 0 Å². The molecule has 0 unspecified atom stereocenters. The van der Waals surface area contributed by atoms with E-state index in [1.54, 1.807) is 12.4 Å². The van der Waals surface area contributed by atoms with Crippen LogP contribution in [0.3, 0.4) is 0 Å². The largest absolute Gasteiger partial charge is 0.379 e. The molecule has 0 aliphatic carbocycles. The zero-order valence-corrected chi connectivity index (χ0v) is 15.3. The van der Waals surface area contributed by atoms with Crippen LogP contribution in [0.1, 0.15) is 11.6 Å². The van der Waals surface area contributed by atoms with Crippen molar-refractivity contribution in [1.82, 2.24) is 19.8 Å². The average molecular weight is 364 g/mol. The van der Waals surface area contributed by atoms with Crippen LogP contribution in [0.15, 0.2) is 61.1 Å². The van der Waals surface area contributed by atoms with Crippen molar-refractivity contribution in [2.45, 2.75) is 12.6 Å². The summed E-state index contributed by atoms with van der Waals surface area (Å²) in [5.41, 5.74) is 2.10. The molecule has 3 aromatic rings. The van der Waals surface area contributed by atoms with Gasteiger partial charge in [-0.15, -0.1) is 0 Å². The summed E-state index contributed by atoms with van der Waals surface area (Å²) in [4.78, 5) is 19.4. The van der Waals surface area contributed by atoms with Crippen LogP contribution in [-0.4, -0.2) is 53.2 Å². The maximum atomic E-state index is 13.0. The third-order valence-electron chi connectivity index (χ3n) is 4.99. The molecular formula is C21H24N4O2. The lowest BCUT2D eigenvalue weighted by Crippen LogP contribution is -2.46. The minimum absolute atomic E-state index is 0.0151. The number of carbonyl (C=O) groups is 1. The number of carbonyl (C=O) groups excluding carboxylic acids is 1. The molecule has 2 aromatic heterocycles. The summed E-state index contributed by atoms with van der Waals surface area (Å²) in [5, 5.41) is 4.32. The molecular weight excluding hydrogens is 340 g/mol. The molecule has 1 amide bonds. The third-order valence-corrected chi connectivity index (χ3v) is 4.99. The lowest BCUT2D eigenvalue weighted by atomic mass is 10.1. The maximum Gasteiger partial charge on any atom is 0.242 e. The Hall–Kier alpha value is -2.70. The Kier molecular flexibility index (Phi) is 5.46. The summed E-state index contributed by atoms with van der Waals surface area (Å²) in [6, 6.07) is 13.9. The third kappa shape index (κ3) is 4.02. The predicted molar refractivity (Wildman–Crippen MR) is 104 cm³/mol. The van der Waals surface area contributed by atoms with Gasteiger partial charge in [0.15, 0.2) is 0 Å². The summed E-state index contributed by atoms with van der Waals surface area (Å²) in [6.07, 6.45) is 5.57. The van der Waals surface area contributed by atoms with E-state index in [-0.39, 0.29) is 11.9 Å². The van der Waals surface area contributed by atoms with Crippen LogP contribution in [0.5, 0.6) is 0 Å². The molecule has 1 aliphatic rings. The van der Waals surface area contributed by atoms with Gasteiger partial charge in [-0.1, -0.05) is 24.3 Å². The van der Waals surface area contributed by atoms with Gasteiger partial charge in [-0.2, -0.15) is 0 Å². The number of aromatic nitrogens is 2. The molecule has 140 valence electrons. The first-order chi connectivity index (χ1) is 13.3. The number of morpholine rings is 1. The monoisotopic (exact) mass is 364 g/mol. The van der Waals surface area contributed by atoms with E-state index in [2.05, 4.69) is 44.2 Å². The molecule has 4 rings (SSSR count). The van der Waals surface area contributed by atoms with Crippen LogP contribution < -0.4 is 5.32 Å². The summed E-state index contributed by atoms with van der Waals surface area (Å²) in [6.45, 7) is 4.12. The van der Waals surface area contributed by atoms with Crippen molar-refractivity contribution in [3.05, 3.63) is 66.6 Å². The SMILES string of the molecule is O=C(NCCn1ccc2ccccc21)[C@H](c1cccnc1)N1CCOCC1. The van der Waals surface area contributed by atoms with E-state index in [0.717, 1.165) is 25.2 Å². The summed E-state index contributed by atoms with van der Waals surface area (Å²) in [7, 11) is 0. The van der Waals surface area contributed by atoms with E-state index in [9.17, 15) is 4.79 Å². The number of nitrogens with one attached hydrogen (secondary N) is 1. The van der Waals surface area contributed by atoms with Crippen LogP contribution in [0.4, 0.5) is 0 Å². The molecule has 6 nitrogen and oxygen atoms in total. The number of ether oxygens (including phenoxy) is 1. The Morgan fingerprint density at radius 2 is 2.00 bits per heavy atom. The molecule has 3 heterocycles. The second-order valence-electron chi connectivity index (χ2n) is 6.70. The van der Waals surface area contributed by atoms with Crippen LogP contribution in [0.25, 0.3) is 10.9 Å². The Morgan fingerprint density at radius 1 is 1.15 bits per heavy atom. The summed E-state index contributed by atoms with van der Waals surface area (Å²) >= 11 is 0. The van der Waals surface area contributed by atoms with Crippen molar-refractivity contribution in [3.8, 4) is 0 Å². The number of para-hydroxylation sites is 1.